The predicted molar refractivity (Wildman–Crippen MR) is 122 cm³/mol. The van der Waals surface area contributed by atoms with Crippen molar-refractivity contribution in [1.82, 2.24) is 0 Å². The Labute approximate surface area is 207 Å². The highest BCUT2D eigenvalue weighted by Gasteiger charge is 2.51. The summed E-state index contributed by atoms with van der Waals surface area (Å²) in [6.45, 7) is -0.221. The number of carbonyl (C=O) groups excluding carboxylic acids is 1. The molecule has 0 bridgehead atoms. The van der Waals surface area contributed by atoms with Gasteiger partial charge in [0, 0.05) is 17.0 Å². The standard InChI is InChI=1S/C24H24BrF4NO5/c25-15-5-2-13(3-6-15)16-11-23(35,8-1-9-31)12-17(20(16)22(33)34)21(32)30-19-7-4-14(10-18(19)26)24(27,28)29/h2-7,10,16-17,20,31,35H,1,8-9,11-12H2,(H,30,32)(H,33,34)/t16-,17-,20-,23-/m1/s1. The van der Waals surface area contributed by atoms with Gasteiger partial charge in [0.15, 0.2) is 0 Å². The molecule has 190 valence electrons. The van der Waals surface area contributed by atoms with Crippen LogP contribution in [0.25, 0.3) is 0 Å². The first-order valence-electron chi connectivity index (χ1n) is 10.8. The molecule has 0 spiro atoms. The van der Waals surface area contributed by atoms with Gasteiger partial charge >= 0.3 is 12.1 Å². The van der Waals surface area contributed by atoms with Crippen molar-refractivity contribution in [3.8, 4) is 0 Å². The first kappa shape index (κ1) is 27.1. The molecule has 3 rings (SSSR count). The maximum absolute atomic E-state index is 14.3. The summed E-state index contributed by atoms with van der Waals surface area (Å²) in [7, 11) is 0. The van der Waals surface area contributed by atoms with Crippen molar-refractivity contribution in [3.05, 3.63) is 63.9 Å². The van der Waals surface area contributed by atoms with Gasteiger partial charge in [-0.2, -0.15) is 13.2 Å². The maximum atomic E-state index is 14.3. The van der Waals surface area contributed by atoms with Gasteiger partial charge < -0.3 is 20.6 Å². The quantitative estimate of drug-likeness (QED) is 0.358. The zero-order valence-corrected chi connectivity index (χ0v) is 19.9. The summed E-state index contributed by atoms with van der Waals surface area (Å²) < 4.78 is 53.6. The largest absolute Gasteiger partial charge is 0.481 e. The molecule has 11 heteroatoms. The van der Waals surface area contributed by atoms with E-state index >= 15 is 0 Å². The highest BCUT2D eigenvalue weighted by atomic mass is 79.9. The predicted octanol–water partition coefficient (Wildman–Crippen LogP) is 4.94. The minimum Gasteiger partial charge on any atom is -0.481 e. The highest BCUT2D eigenvalue weighted by molar-refractivity contribution is 9.10. The van der Waals surface area contributed by atoms with Gasteiger partial charge in [-0.3, -0.25) is 9.59 Å². The van der Waals surface area contributed by atoms with Crippen LogP contribution in [0.3, 0.4) is 0 Å². The van der Waals surface area contributed by atoms with Gasteiger partial charge in [-0.1, -0.05) is 28.1 Å². The summed E-state index contributed by atoms with van der Waals surface area (Å²) in [5, 5.41) is 32.7. The number of aliphatic hydroxyl groups is 2. The Bertz CT molecular complexity index is 1080. The Hall–Kier alpha value is -2.50. The van der Waals surface area contributed by atoms with Crippen molar-refractivity contribution in [1.29, 1.82) is 0 Å². The Kier molecular flexibility index (Phi) is 8.23. The minimum atomic E-state index is -4.78. The smallest absolute Gasteiger partial charge is 0.416 e. The molecule has 2 aromatic carbocycles. The third-order valence-corrected chi connectivity index (χ3v) is 6.87. The minimum absolute atomic E-state index is 0.0179. The highest BCUT2D eigenvalue weighted by Crippen LogP contribution is 2.48. The maximum Gasteiger partial charge on any atom is 0.416 e. The second kappa shape index (κ2) is 10.6. The molecular formula is C24H24BrF4NO5. The number of aliphatic hydroxyl groups excluding tert-OH is 1. The Morgan fingerprint density at radius 3 is 2.31 bits per heavy atom. The monoisotopic (exact) mass is 561 g/mol. The molecule has 35 heavy (non-hydrogen) atoms. The third kappa shape index (κ3) is 6.39. The summed E-state index contributed by atoms with van der Waals surface area (Å²) >= 11 is 3.30. The first-order chi connectivity index (χ1) is 16.3. The topological polar surface area (TPSA) is 107 Å². The summed E-state index contributed by atoms with van der Waals surface area (Å²) in [4.78, 5) is 25.5. The molecule has 6 nitrogen and oxygen atoms in total. The van der Waals surface area contributed by atoms with Crippen LogP contribution in [-0.4, -0.2) is 39.4 Å². The van der Waals surface area contributed by atoms with Crippen LogP contribution in [0.1, 0.15) is 42.7 Å². The fourth-order valence-electron chi connectivity index (χ4n) is 4.70. The fraction of sp³-hybridized carbons (Fsp3) is 0.417. The van der Waals surface area contributed by atoms with Gasteiger partial charge in [0.25, 0.3) is 0 Å². The molecule has 0 aliphatic heterocycles. The van der Waals surface area contributed by atoms with Crippen LogP contribution in [0.4, 0.5) is 23.2 Å². The molecule has 4 N–H and O–H groups in total. The second-order valence-corrected chi connectivity index (χ2v) is 9.69. The van der Waals surface area contributed by atoms with E-state index < -0.39 is 58.5 Å². The molecule has 0 heterocycles. The summed E-state index contributed by atoms with van der Waals surface area (Å²) in [5.74, 6) is -6.94. The number of anilines is 1. The summed E-state index contributed by atoms with van der Waals surface area (Å²) in [6, 6.07) is 8.35. The number of carboxylic acid groups (broad SMARTS) is 1. The lowest BCUT2D eigenvalue weighted by Crippen LogP contribution is -2.49. The number of alkyl halides is 3. The van der Waals surface area contributed by atoms with Gasteiger partial charge in [-0.15, -0.1) is 0 Å². The molecule has 1 aliphatic carbocycles. The van der Waals surface area contributed by atoms with E-state index in [0.29, 0.717) is 11.6 Å². The molecule has 1 aliphatic rings. The Morgan fingerprint density at radius 2 is 1.77 bits per heavy atom. The van der Waals surface area contributed by atoms with Crippen molar-refractivity contribution in [2.45, 2.75) is 43.4 Å². The SMILES string of the molecule is O=C(O)[C@@H]1[C@@H](c2ccc(Br)cc2)C[C@](O)(CCCO)C[C@H]1C(=O)Nc1ccc(C(F)(F)F)cc1F. The number of nitrogens with one attached hydrogen (secondary N) is 1. The van der Waals surface area contributed by atoms with Crippen molar-refractivity contribution in [3.63, 3.8) is 0 Å². The molecule has 1 fully saturated rings. The van der Waals surface area contributed by atoms with E-state index in [1.54, 1.807) is 24.3 Å². The second-order valence-electron chi connectivity index (χ2n) is 8.77. The number of aliphatic carboxylic acids is 1. The molecule has 1 amide bonds. The summed E-state index contributed by atoms with van der Waals surface area (Å²) in [5.41, 5.74) is -2.69. The van der Waals surface area contributed by atoms with Crippen molar-refractivity contribution >= 4 is 33.5 Å². The number of hydrogen-bond acceptors (Lipinski definition) is 4. The van der Waals surface area contributed by atoms with Gasteiger partial charge in [0.05, 0.1) is 28.7 Å². The number of amides is 1. The average Bonchev–Trinajstić information content (AvgIpc) is 2.78. The van der Waals surface area contributed by atoms with Crippen molar-refractivity contribution in [2.24, 2.45) is 11.8 Å². The van der Waals surface area contributed by atoms with Crippen LogP contribution < -0.4 is 5.32 Å². The van der Waals surface area contributed by atoms with Crippen molar-refractivity contribution in [2.75, 3.05) is 11.9 Å². The van der Waals surface area contributed by atoms with Crippen LogP contribution >= 0.6 is 15.9 Å². The zero-order valence-electron chi connectivity index (χ0n) is 18.4. The van der Waals surface area contributed by atoms with Gasteiger partial charge in [-0.05, 0) is 61.6 Å². The van der Waals surface area contributed by atoms with Crippen LogP contribution in [0.5, 0.6) is 0 Å². The van der Waals surface area contributed by atoms with Crippen LogP contribution in [0.2, 0.25) is 0 Å². The molecule has 0 radical (unpaired) electrons. The normalized spacial score (nSPS) is 24.7. The first-order valence-corrected chi connectivity index (χ1v) is 11.6. The van der Waals surface area contributed by atoms with Crippen molar-refractivity contribution < 1.29 is 42.5 Å². The van der Waals surface area contributed by atoms with E-state index in [2.05, 4.69) is 21.2 Å². The lowest BCUT2D eigenvalue weighted by atomic mass is 9.62. The Morgan fingerprint density at radius 1 is 1.11 bits per heavy atom. The van der Waals surface area contributed by atoms with E-state index in [1.807, 2.05) is 0 Å². The van der Waals surface area contributed by atoms with Gasteiger partial charge in [-0.25, -0.2) is 4.39 Å². The van der Waals surface area contributed by atoms with E-state index in [9.17, 15) is 42.5 Å². The number of halogens is 5. The summed E-state index contributed by atoms with van der Waals surface area (Å²) in [6.07, 6.45) is -4.72. The molecular weight excluding hydrogens is 538 g/mol. The molecule has 1 saturated carbocycles. The number of carboxylic acids is 1. The third-order valence-electron chi connectivity index (χ3n) is 6.34. The zero-order chi connectivity index (χ0) is 26.0. The van der Waals surface area contributed by atoms with Crippen LogP contribution in [0, 0.1) is 17.7 Å². The van der Waals surface area contributed by atoms with E-state index in [-0.39, 0.29) is 38.4 Å². The van der Waals surface area contributed by atoms with E-state index in [1.165, 1.54) is 0 Å². The molecule has 2 aromatic rings. The number of carbonyl (C=O) groups is 2. The van der Waals surface area contributed by atoms with E-state index in [4.69, 9.17) is 0 Å². The van der Waals surface area contributed by atoms with Crippen LogP contribution in [-0.2, 0) is 15.8 Å². The number of hydrogen-bond donors (Lipinski definition) is 4. The molecule has 0 saturated heterocycles. The van der Waals surface area contributed by atoms with Gasteiger partial charge in [0.2, 0.25) is 5.91 Å². The molecule has 0 aromatic heterocycles. The fourth-order valence-corrected chi connectivity index (χ4v) is 4.97. The number of rotatable bonds is 7. The lowest BCUT2D eigenvalue weighted by molar-refractivity contribution is -0.154. The number of benzene rings is 2. The molecule has 4 atom stereocenters. The average molecular weight is 562 g/mol. The van der Waals surface area contributed by atoms with Gasteiger partial charge in [0.1, 0.15) is 5.82 Å². The van der Waals surface area contributed by atoms with E-state index in [0.717, 1.165) is 10.5 Å². The Balaban J connectivity index is 1.97. The lowest BCUT2D eigenvalue weighted by Gasteiger charge is -2.44. The molecule has 0 unspecified atom stereocenters. The van der Waals surface area contributed by atoms with Crippen LogP contribution in [0.15, 0.2) is 46.9 Å².